The van der Waals surface area contributed by atoms with E-state index < -0.39 is 127 Å². The molecule has 366 valence electrons. The molecule has 2 aliphatic rings. The van der Waals surface area contributed by atoms with E-state index in [1.807, 2.05) is 18.2 Å². The smallest absolute Gasteiger partial charge is 0.248 e. The van der Waals surface area contributed by atoms with Crippen LogP contribution in [0.1, 0.15) is 57.1 Å². The minimum absolute atomic E-state index is 0.000459. The van der Waals surface area contributed by atoms with Gasteiger partial charge in [0.05, 0.1) is 19.6 Å². The normalized spacial score (nSPS) is 18.2. The van der Waals surface area contributed by atoms with Crippen LogP contribution in [-0.2, 0) is 60.8 Å². The predicted molar refractivity (Wildman–Crippen MR) is 242 cm³/mol. The molecular formula is C45H59N11O12. The highest BCUT2D eigenvalue weighted by Crippen LogP contribution is 2.21. The van der Waals surface area contributed by atoms with Gasteiger partial charge in [-0.15, -0.1) is 0 Å². The molecule has 14 N–H and O–H groups in total. The summed E-state index contributed by atoms with van der Waals surface area (Å²) < 4.78 is 0. The molecule has 0 unspecified atom stereocenters. The van der Waals surface area contributed by atoms with Crippen molar-refractivity contribution < 1.29 is 58.2 Å². The van der Waals surface area contributed by atoms with E-state index in [0.29, 0.717) is 17.5 Å². The van der Waals surface area contributed by atoms with Crippen molar-refractivity contribution in [2.24, 2.45) is 17.4 Å². The van der Waals surface area contributed by atoms with Crippen LogP contribution in [0.5, 0.6) is 0 Å². The maximum Gasteiger partial charge on any atom is 0.248 e. The third kappa shape index (κ3) is 13.6. The standard InChI is InChI=1S/C45H59N11O12/c1-23(2)37(55-39(62)28-14-15-36(60)49-28)44(67)52-31(19-35(46)59)41(64)51-30(17-24-9-4-3-5-10-24)40(63)54-33(22-58)45(68)56-16-8-13-34(56)43(66)53-32(21-57)42(65)50-29(38(47)61)18-25-20-48-27-12-7-6-11-26(25)27/h3-7,9-12,20,23,28-34,37,48,57-58H,8,13-19,21-22H2,1-2H3,(H2,46,59)(H2,47,61)(H,49,60)(H,50,65)(H,51,64)(H,52,67)(H,53,66)(H,54,63)(H,55,62)/t28-,29-,30-,31-,32-,33-,34-,37-/m0/s1. The van der Waals surface area contributed by atoms with Gasteiger partial charge in [-0.3, -0.25) is 47.9 Å². The van der Waals surface area contributed by atoms with Crippen molar-refractivity contribution in [2.75, 3.05) is 19.8 Å². The Hall–Kier alpha value is -7.40. The van der Waals surface area contributed by atoms with Crippen molar-refractivity contribution in [3.63, 3.8) is 0 Å². The summed E-state index contributed by atoms with van der Waals surface area (Å²) in [5, 5.41) is 38.7. The molecule has 2 aliphatic heterocycles. The molecule has 0 saturated carbocycles. The molecule has 8 atom stereocenters. The fourth-order valence-electron chi connectivity index (χ4n) is 8.04. The van der Waals surface area contributed by atoms with Gasteiger partial charge in [-0.25, -0.2) is 0 Å². The number of hydrogen-bond donors (Lipinski definition) is 12. The largest absolute Gasteiger partial charge is 0.394 e. The molecule has 68 heavy (non-hydrogen) atoms. The van der Waals surface area contributed by atoms with E-state index in [2.05, 4.69) is 42.2 Å². The molecule has 0 spiro atoms. The van der Waals surface area contributed by atoms with Crippen LogP contribution < -0.4 is 48.7 Å². The van der Waals surface area contributed by atoms with Gasteiger partial charge in [0.25, 0.3) is 0 Å². The topological polar surface area (TPSA) is 366 Å². The SMILES string of the molecule is CC(C)[C@H](NC(=O)[C@@H]1CCC(=O)N1)C(=O)N[C@@H](CC(N)=O)C(=O)N[C@@H](Cc1ccccc1)C(=O)N[C@@H](CO)C(=O)N1CCC[C@H]1C(=O)N[C@@H](CO)C(=O)N[C@@H](Cc1c[nH]c2ccccc12)C(N)=O. The Bertz CT molecular complexity index is 2360. The molecule has 23 heteroatoms. The number of nitrogens with zero attached hydrogens (tertiary/aromatic N) is 1. The number of nitrogens with two attached hydrogens (primary N) is 2. The second-order valence-electron chi connectivity index (χ2n) is 17.1. The average molecular weight is 946 g/mol. The molecule has 3 heterocycles. The summed E-state index contributed by atoms with van der Waals surface area (Å²) in [6.07, 6.45) is 1.52. The number of carbonyl (C=O) groups is 10. The van der Waals surface area contributed by atoms with Gasteiger partial charge in [0.1, 0.15) is 48.3 Å². The number of aliphatic hydroxyl groups excluding tert-OH is 2. The number of rotatable bonds is 23. The number of likely N-dealkylation sites (tertiary alicyclic amines) is 1. The molecular weight excluding hydrogens is 887 g/mol. The number of fused-ring (bicyclic) bond motifs is 1. The Morgan fingerprint density at radius 2 is 1.32 bits per heavy atom. The highest BCUT2D eigenvalue weighted by atomic mass is 16.3. The Balaban J connectivity index is 1.25. The fraction of sp³-hybridized carbons (Fsp3) is 0.467. The molecule has 0 radical (unpaired) electrons. The highest BCUT2D eigenvalue weighted by molar-refractivity contribution is 5.99. The van der Waals surface area contributed by atoms with E-state index in [4.69, 9.17) is 11.5 Å². The zero-order valence-electron chi connectivity index (χ0n) is 37.6. The summed E-state index contributed by atoms with van der Waals surface area (Å²) in [5.41, 5.74) is 13.1. The Morgan fingerprint density at radius 1 is 0.706 bits per heavy atom. The second kappa shape index (κ2) is 23.9. The van der Waals surface area contributed by atoms with Crippen LogP contribution in [-0.4, -0.2) is 147 Å². The summed E-state index contributed by atoms with van der Waals surface area (Å²) in [4.78, 5) is 136. The van der Waals surface area contributed by atoms with Gasteiger partial charge in [-0.2, -0.15) is 0 Å². The van der Waals surface area contributed by atoms with Crippen molar-refractivity contribution >= 4 is 70.0 Å². The van der Waals surface area contributed by atoms with E-state index in [9.17, 15) is 58.2 Å². The van der Waals surface area contributed by atoms with Crippen LogP contribution in [0.4, 0.5) is 0 Å². The van der Waals surface area contributed by atoms with Crippen molar-refractivity contribution in [1.29, 1.82) is 0 Å². The zero-order valence-corrected chi connectivity index (χ0v) is 37.6. The van der Waals surface area contributed by atoms with Crippen LogP contribution in [0.15, 0.2) is 60.8 Å². The molecule has 0 bridgehead atoms. The molecule has 0 aliphatic carbocycles. The van der Waals surface area contributed by atoms with Gasteiger partial charge < -0.3 is 68.8 Å². The van der Waals surface area contributed by atoms with Crippen LogP contribution in [0, 0.1) is 5.92 Å². The monoisotopic (exact) mass is 945 g/mol. The fourth-order valence-corrected chi connectivity index (χ4v) is 8.04. The number of benzene rings is 2. The van der Waals surface area contributed by atoms with Gasteiger partial charge >= 0.3 is 0 Å². The van der Waals surface area contributed by atoms with Crippen molar-refractivity contribution in [1.82, 2.24) is 47.1 Å². The summed E-state index contributed by atoms with van der Waals surface area (Å²) >= 11 is 0. The third-order valence-electron chi connectivity index (χ3n) is 11.7. The van der Waals surface area contributed by atoms with E-state index >= 15 is 0 Å². The molecule has 2 fully saturated rings. The van der Waals surface area contributed by atoms with Crippen LogP contribution in [0.3, 0.4) is 0 Å². The first kappa shape index (κ1) is 51.6. The van der Waals surface area contributed by atoms with E-state index in [1.165, 1.54) is 0 Å². The number of aromatic amines is 1. The summed E-state index contributed by atoms with van der Waals surface area (Å²) in [7, 11) is 0. The number of amides is 10. The maximum absolute atomic E-state index is 14.0. The lowest BCUT2D eigenvalue weighted by atomic mass is 10.0. The van der Waals surface area contributed by atoms with E-state index in [1.54, 1.807) is 56.4 Å². The minimum atomic E-state index is -1.66. The molecule has 2 saturated heterocycles. The van der Waals surface area contributed by atoms with E-state index in [-0.39, 0.29) is 44.6 Å². The van der Waals surface area contributed by atoms with E-state index in [0.717, 1.165) is 15.8 Å². The van der Waals surface area contributed by atoms with Crippen molar-refractivity contribution in [3.8, 4) is 0 Å². The summed E-state index contributed by atoms with van der Waals surface area (Å²) in [6, 6.07) is 4.73. The highest BCUT2D eigenvalue weighted by Gasteiger charge is 2.40. The van der Waals surface area contributed by atoms with Gasteiger partial charge in [-0.1, -0.05) is 62.4 Å². The molecule has 3 aromatic rings. The second-order valence-corrected chi connectivity index (χ2v) is 17.1. The lowest BCUT2D eigenvalue weighted by molar-refractivity contribution is -0.143. The van der Waals surface area contributed by atoms with Gasteiger partial charge in [0.15, 0.2) is 0 Å². The lowest BCUT2D eigenvalue weighted by Crippen LogP contribution is -2.61. The average Bonchev–Trinajstić information content (AvgIpc) is 4.08. The summed E-state index contributed by atoms with van der Waals surface area (Å²) in [6.45, 7) is 1.40. The van der Waals surface area contributed by atoms with Crippen LogP contribution in [0.2, 0.25) is 0 Å². The molecule has 2 aromatic carbocycles. The number of para-hydroxylation sites is 1. The lowest BCUT2D eigenvalue weighted by Gasteiger charge is -2.30. The molecule has 23 nitrogen and oxygen atoms in total. The minimum Gasteiger partial charge on any atom is -0.394 e. The van der Waals surface area contributed by atoms with Crippen molar-refractivity contribution in [2.45, 2.75) is 107 Å². The third-order valence-corrected chi connectivity index (χ3v) is 11.7. The molecule has 5 rings (SSSR count). The van der Waals surface area contributed by atoms with Crippen LogP contribution >= 0.6 is 0 Å². The Kier molecular flexibility index (Phi) is 18.1. The Morgan fingerprint density at radius 3 is 1.96 bits per heavy atom. The quantitative estimate of drug-likeness (QED) is 0.0435. The number of carbonyl (C=O) groups excluding carboxylic acids is 10. The van der Waals surface area contributed by atoms with Crippen molar-refractivity contribution in [3.05, 3.63) is 71.9 Å². The molecule has 10 amide bonds. The van der Waals surface area contributed by atoms with Gasteiger partial charge in [-0.05, 0) is 42.4 Å². The van der Waals surface area contributed by atoms with Gasteiger partial charge in [0.2, 0.25) is 59.1 Å². The number of aliphatic hydroxyl groups is 2. The predicted octanol–water partition coefficient (Wildman–Crippen LogP) is -3.87. The Labute approximate surface area is 390 Å². The number of hydrogen-bond acceptors (Lipinski definition) is 12. The molecule has 1 aromatic heterocycles. The first-order chi connectivity index (χ1) is 32.4. The van der Waals surface area contributed by atoms with Crippen LogP contribution in [0.25, 0.3) is 10.9 Å². The number of nitrogens with one attached hydrogen (secondary N) is 8. The van der Waals surface area contributed by atoms with Gasteiger partial charge in [0, 0.05) is 42.9 Å². The maximum atomic E-state index is 14.0. The number of H-pyrrole nitrogens is 1. The zero-order chi connectivity index (χ0) is 49.7. The first-order valence-corrected chi connectivity index (χ1v) is 22.2. The first-order valence-electron chi connectivity index (χ1n) is 22.2. The number of aromatic nitrogens is 1. The summed E-state index contributed by atoms with van der Waals surface area (Å²) in [5.74, 6) is -8.87. The number of primary amides is 2.